The zero-order valence-corrected chi connectivity index (χ0v) is 15.0. The van der Waals surface area contributed by atoms with Crippen LogP contribution in [0.25, 0.3) is 23.0 Å². The summed E-state index contributed by atoms with van der Waals surface area (Å²) in [6.07, 6.45) is 2.10. The van der Waals surface area contributed by atoms with Gasteiger partial charge in [0.25, 0.3) is 5.89 Å². The molecule has 0 fully saturated rings. The summed E-state index contributed by atoms with van der Waals surface area (Å²) < 4.78 is 16.6. The van der Waals surface area contributed by atoms with Gasteiger partial charge in [-0.3, -0.25) is 4.98 Å². The molecule has 3 aromatic heterocycles. The smallest absolute Gasteiger partial charge is 0.276 e. The molecular weight excluding hydrogens is 344 g/mol. The Balaban J connectivity index is 1.53. The zero-order valence-electron chi connectivity index (χ0n) is 15.0. The van der Waals surface area contributed by atoms with Gasteiger partial charge in [0.05, 0.1) is 18.7 Å². The van der Waals surface area contributed by atoms with Crippen molar-refractivity contribution in [3.05, 3.63) is 65.9 Å². The van der Waals surface area contributed by atoms with Crippen molar-refractivity contribution in [2.24, 2.45) is 0 Å². The molecule has 4 rings (SSSR count). The Labute approximate surface area is 156 Å². The van der Waals surface area contributed by atoms with Crippen molar-refractivity contribution in [3.63, 3.8) is 0 Å². The van der Waals surface area contributed by atoms with Gasteiger partial charge < -0.3 is 13.7 Å². The number of nitrogens with zero attached hydrogens (tertiary/aromatic N) is 4. The summed E-state index contributed by atoms with van der Waals surface area (Å²) in [7, 11) is 0. The molecule has 4 aromatic rings. The van der Waals surface area contributed by atoms with E-state index in [4.69, 9.17) is 13.7 Å². The minimum atomic E-state index is 0.387. The largest absolute Gasteiger partial charge is 0.494 e. The van der Waals surface area contributed by atoms with Crippen LogP contribution in [0.2, 0.25) is 0 Å². The molecule has 0 saturated carbocycles. The van der Waals surface area contributed by atoms with E-state index in [1.807, 2.05) is 56.3 Å². The fourth-order valence-corrected chi connectivity index (χ4v) is 2.64. The van der Waals surface area contributed by atoms with Crippen molar-refractivity contribution >= 4 is 0 Å². The Bertz CT molecular complexity index is 1020. The second-order valence-corrected chi connectivity index (χ2v) is 5.89. The predicted molar refractivity (Wildman–Crippen MR) is 98.2 cm³/mol. The Morgan fingerprint density at radius 3 is 2.59 bits per heavy atom. The van der Waals surface area contributed by atoms with Crippen molar-refractivity contribution in [3.8, 4) is 28.8 Å². The van der Waals surface area contributed by atoms with Crippen LogP contribution in [0.3, 0.4) is 0 Å². The van der Waals surface area contributed by atoms with Gasteiger partial charge in [-0.1, -0.05) is 11.2 Å². The number of ether oxygens (including phenoxy) is 1. The van der Waals surface area contributed by atoms with Crippen LogP contribution >= 0.6 is 0 Å². The molecule has 0 bridgehead atoms. The second kappa shape index (κ2) is 7.41. The third-order valence-electron chi connectivity index (χ3n) is 3.98. The minimum Gasteiger partial charge on any atom is -0.494 e. The molecule has 0 aliphatic rings. The number of hydrogen-bond acceptors (Lipinski definition) is 7. The first-order valence-electron chi connectivity index (χ1n) is 8.66. The molecule has 7 nitrogen and oxygen atoms in total. The molecule has 0 aliphatic heterocycles. The number of aromatic nitrogens is 4. The second-order valence-electron chi connectivity index (χ2n) is 5.89. The topological polar surface area (TPSA) is 87.1 Å². The van der Waals surface area contributed by atoms with E-state index in [0.29, 0.717) is 36.3 Å². The Morgan fingerprint density at radius 2 is 1.85 bits per heavy atom. The lowest BCUT2D eigenvalue weighted by atomic mass is 10.2. The van der Waals surface area contributed by atoms with Crippen LogP contribution in [0.1, 0.15) is 24.2 Å². The van der Waals surface area contributed by atoms with Crippen LogP contribution in [0.5, 0.6) is 5.75 Å². The Kier molecular flexibility index (Phi) is 4.65. The summed E-state index contributed by atoms with van der Waals surface area (Å²) in [6.45, 7) is 4.46. The minimum absolute atomic E-state index is 0.387. The maximum absolute atomic E-state index is 5.81. The highest BCUT2D eigenvalue weighted by Crippen LogP contribution is 2.25. The molecule has 3 heterocycles. The molecule has 27 heavy (non-hydrogen) atoms. The van der Waals surface area contributed by atoms with E-state index in [9.17, 15) is 0 Å². The molecule has 0 aliphatic carbocycles. The van der Waals surface area contributed by atoms with Crippen molar-refractivity contribution in [2.45, 2.75) is 20.3 Å². The van der Waals surface area contributed by atoms with Gasteiger partial charge in [0, 0.05) is 11.8 Å². The van der Waals surface area contributed by atoms with Gasteiger partial charge >= 0.3 is 0 Å². The van der Waals surface area contributed by atoms with Crippen molar-refractivity contribution in [1.82, 2.24) is 20.1 Å². The number of hydrogen-bond donors (Lipinski definition) is 0. The van der Waals surface area contributed by atoms with Crippen molar-refractivity contribution < 1.29 is 13.7 Å². The first-order chi connectivity index (χ1) is 13.2. The standard InChI is InChI=1S/C20H18N4O3/c1-3-25-15-9-7-14(8-10-15)19-22-17(13(2)26-19)12-18-23-20(27-24-18)16-6-4-5-11-21-16/h4-11H,3,12H2,1-2H3. The Hall–Kier alpha value is -3.48. The van der Waals surface area contributed by atoms with Crippen LogP contribution in [0, 0.1) is 6.92 Å². The monoisotopic (exact) mass is 362 g/mol. The van der Waals surface area contributed by atoms with Crippen LogP contribution in [-0.4, -0.2) is 26.7 Å². The van der Waals surface area contributed by atoms with Crippen LogP contribution < -0.4 is 4.74 Å². The number of rotatable bonds is 6. The molecule has 0 spiro atoms. The number of benzene rings is 1. The summed E-state index contributed by atoms with van der Waals surface area (Å²) >= 11 is 0. The van der Waals surface area contributed by atoms with Gasteiger partial charge in [-0.2, -0.15) is 4.98 Å². The predicted octanol–water partition coefficient (Wildman–Crippen LogP) is 4.08. The highest BCUT2D eigenvalue weighted by atomic mass is 16.5. The molecular formula is C20H18N4O3. The lowest BCUT2D eigenvalue weighted by Gasteiger charge is -2.02. The summed E-state index contributed by atoms with van der Waals surface area (Å²) in [6, 6.07) is 13.2. The van der Waals surface area contributed by atoms with Gasteiger partial charge in [-0.05, 0) is 50.2 Å². The van der Waals surface area contributed by atoms with Gasteiger partial charge in [0.15, 0.2) is 5.82 Å². The summed E-state index contributed by atoms with van der Waals surface area (Å²) in [4.78, 5) is 13.2. The van der Waals surface area contributed by atoms with Crippen LogP contribution in [0.15, 0.2) is 57.6 Å². The highest BCUT2D eigenvalue weighted by Gasteiger charge is 2.16. The fourth-order valence-electron chi connectivity index (χ4n) is 2.64. The number of pyridine rings is 1. The van der Waals surface area contributed by atoms with E-state index in [1.54, 1.807) is 6.20 Å². The molecule has 7 heteroatoms. The molecule has 0 radical (unpaired) electrons. The maximum atomic E-state index is 5.81. The normalized spacial score (nSPS) is 10.9. The third-order valence-corrected chi connectivity index (χ3v) is 3.98. The van der Waals surface area contributed by atoms with E-state index >= 15 is 0 Å². The first-order valence-corrected chi connectivity index (χ1v) is 8.66. The average Bonchev–Trinajstić information content (AvgIpc) is 3.31. The highest BCUT2D eigenvalue weighted by molar-refractivity contribution is 5.55. The molecule has 136 valence electrons. The quantitative estimate of drug-likeness (QED) is 0.510. The SMILES string of the molecule is CCOc1ccc(-c2nc(Cc3noc(-c4ccccn4)n3)c(C)o2)cc1. The van der Waals surface area contributed by atoms with Crippen molar-refractivity contribution in [2.75, 3.05) is 6.61 Å². The molecule has 0 atom stereocenters. The van der Waals surface area contributed by atoms with Gasteiger partial charge in [-0.15, -0.1) is 0 Å². The summed E-state index contributed by atoms with van der Waals surface area (Å²) in [5.41, 5.74) is 2.30. The van der Waals surface area contributed by atoms with E-state index in [-0.39, 0.29) is 0 Å². The van der Waals surface area contributed by atoms with Gasteiger partial charge in [0.1, 0.15) is 17.2 Å². The van der Waals surface area contributed by atoms with E-state index in [0.717, 1.165) is 22.8 Å². The number of oxazole rings is 1. The third kappa shape index (κ3) is 3.72. The van der Waals surface area contributed by atoms with Crippen LogP contribution in [-0.2, 0) is 6.42 Å². The van der Waals surface area contributed by atoms with E-state index in [2.05, 4.69) is 20.1 Å². The lowest BCUT2D eigenvalue weighted by Crippen LogP contribution is -1.94. The average molecular weight is 362 g/mol. The molecule has 0 amide bonds. The van der Waals surface area contributed by atoms with Gasteiger partial charge in [-0.25, -0.2) is 4.98 Å². The molecule has 1 aromatic carbocycles. The summed E-state index contributed by atoms with van der Waals surface area (Å²) in [5.74, 6) is 3.02. The molecule has 0 saturated heterocycles. The van der Waals surface area contributed by atoms with Gasteiger partial charge in [0.2, 0.25) is 5.89 Å². The fraction of sp³-hybridized carbons (Fsp3) is 0.200. The number of aryl methyl sites for hydroxylation is 1. The van der Waals surface area contributed by atoms with Crippen LogP contribution in [0.4, 0.5) is 0 Å². The first kappa shape index (κ1) is 17.0. The Morgan fingerprint density at radius 1 is 1.00 bits per heavy atom. The zero-order chi connectivity index (χ0) is 18.6. The lowest BCUT2D eigenvalue weighted by molar-refractivity contribution is 0.340. The van der Waals surface area contributed by atoms with E-state index in [1.165, 1.54) is 0 Å². The maximum Gasteiger partial charge on any atom is 0.276 e. The van der Waals surface area contributed by atoms with Crippen molar-refractivity contribution in [1.29, 1.82) is 0 Å². The molecule has 0 N–H and O–H groups in total. The van der Waals surface area contributed by atoms with E-state index < -0.39 is 0 Å². The molecule has 0 unspecified atom stereocenters. The summed E-state index contributed by atoms with van der Waals surface area (Å²) in [5, 5.41) is 4.02.